The molecule has 47 heavy (non-hydrogen) atoms. The number of aromatic nitrogens is 1. The number of carbonyl (C=O) groups excluding carboxylic acids is 3. The molecule has 250 valence electrons. The first-order valence-electron chi connectivity index (χ1n) is 15.1. The number of non-ortho nitro benzene ring substituents is 1. The van der Waals surface area contributed by atoms with E-state index >= 15 is 4.39 Å². The van der Waals surface area contributed by atoms with E-state index in [-0.39, 0.29) is 39.1 Å². The van der Waals surface area contributed by atoms with Crippen molar-refractivity contribution >= 4 is 57.5 Å². The lowest BCUT2D eigenvalue weighted by atomic mass is 10.0. The first-order valence-corrected chi connectivity index (χ1v) is 15.5. The summed E-state index contributed by atoms with van der Waals surface area (Å²) in [6.45, 7) is 9.61. The topological polar surface area (TPSA) is 156 Å². The molecular formula is C32H36ClFN6O7. The van der Waals surface area contributed by atoms with Gasteiger partial charge in [0.15, 0.2) is 0 Å². The first kappa shape index (κ1) is 33.6. The number of carbonyl (C=O) groups is 3. The molecule has 0 unspecified atom stereocenters. The van der Waals surface area contributed by atoms with E-state index in [4.69, 9.17) is 16.3 Å². The maximum atomic E-state index is 15.6. The highest BCUT2D eigenvalue weighted by molar-refractivity contribution is 6.34. The molecule has 0 atom stereocenters. The van der Waals surface area contributed by atoms with Gasteiger partial charge in [-0.3, -0.25) is 24.5 Å². The van der Waals surface area contributed by atoms with E-state index < -0.39 is 45.2 Å². The average Bonchev–Trinajstić information content (AvgIpc) is 3.83. The Kier molecular flexibility index (Phi) is 8.93. The molecule has 2 fully saturated rings. The van der Waals surface area contributed by atoms with Crippen LogP contribution in [0.25, 0.3) is 10.9 Å². The van der Waals surface area contributed by atoms with Crippen LogP contribution in [-0.4, -0.2) is 69.6 Å². The van der Waals surface area contributed by atoms with E-state index in [0.29, 0.717) is 31.7 Å². The standard InChI is InChI=1S/C32H36ClFN6O7/c1-31(2,3)47-30(44)38-12-10-37(11-13-38)26-16-25-20(15-23(26)34)27(41)21(17-39(25)18-6-7-18)28(42)36-32(4,5)29(43)35-24-9-8-19(40(45)46)14-22(24)33/h8-9,14-18H,6-7,10-13H2,1-5H3,(H,35,43)(H,36,42). The van der Waals surface area contributed by atoms with Crippen LogP contribution in [0.3, 0.4) is 0 Å². The molecule has 1 saturated carbocycles. The highest BCUT2D eigenvalue weighted by atomic mass is 35.5. The lowest BCUT2D eigenvalue weighted by Gasteiger charge is -2.37. The molecule has 1 aliphatic carbocycles. The summed E-state index contributed by atoms with van der Waals surface area (Å²) in [5.41, 5.74) is -2.52. The predicted molar refractivity (Wildman–Crippen MR) is 175 cm³/mol. The zero-order valence-corrected chi connectivity index (χ0v) is 27.4. The molecule has 5 rings (SSSR count). The highest BCUT2D eigenvalue weighted by Gasteiger charge is 2.34. The number of fused-ring (bicyclic) bond motifs is 1. The highest BCUT2D eigenvalue weighted by Crippen LogP contribution is 2.38. The zero-order valence-electron chi connectivity index (χ0n) is 26.7. The smallest absolute Gasteiger partial charge is 0.410 e. The van der Waals surface area contributed by atoms with Crippen LogP contribution in [0.15, 0.2) is 41.3 Å². The van der Waals surface area contributed by atoms with E-state index in [1.165, 1.54) is 32.2 Å². The number of benzene rings is 2. The van der Waals surface area contributed by atoms with Gasteiger partial charge in [0.1, 0.15) is 22.5 Å². The largest absolute Gasteiger partial charge is 0.444 e. The second-order valence-corrected chi connectivity index (χ2v) is 13.6. The van der Waals surface area contributed by atoms with Crippen LogP contribution in [-0.2, 0) is 9.53 Å². The molecule has 3 amide bonds. The Morgan fingerprint density at radius 1 is 1.04 bits per heavy atom. The molecule has 2 N–H and O–H groups in total. The number of ether oxygens (including phenoxy) is 1. The average molecular weight is 671 g/mol. The molecule has 13 nitrogen and oxygen atoms in total. The second kappa shape index (κ2) is 12.5. The predicted octanol–water partition coefficient (Wildman–Crippen LogP) is 5.24. The third kappa shape index (κ3) is 7.32. The Bertz CT molecular complexity index is 1840. The fourth-order valence-electron chi connectivity index (χ4n) is 5.28. The van der Waals surface area contributed by atoms with Crippen molar-refractivity contribution in [1.82, 2.24) is 14.8 Å². The van der Waals surface area contributed by atoms with Crippen molar-refractivity contribution in [2.45, 2.75) is 64.6 Å². The van der Waals surface area contributed by atoms with Gasteiger partial charge in [0.05, 0.1) is 26.8 Å². The molecule has 2 aliphatic rings. The number of nitrogens with one attached hydrogen (secondary N) is 2. The van der Waals surface area contributed by atoms with Crippen LogP contribution < -0.4 is 21.0 Å². The Morgan fingerprint density at radius 2 is 1.70 bits per heavy atom. The Labute approximate surface area is 274 Å². The van der Waals surface area contributed by atoms with E-state index in [2.05, 4.69) is 10.6 Å². The number of hydrogen-bond acceptors (Lipinski definition) is 8. The maximum absolute atomic E-state index is 15.6. The van der Waals surface area contributed by atoms with Gasteiger partial charge in [-0.1, -0.05) is 11.6 Å². The van der Waals surface area contributed by atoms with Crippen molar-refractivity contribution in [1.29, 1.82) is 0 Å². The maximum Gasteiger partial charge on any atom is 0.410 e. The number of piperazine rings is 1. The normalized spacial score (nSPS) is 15.4. The third-order valence-electron chi connectivity index (χ3n) is 7.96. The van der Waals surface area contributed by atoms with Gasteiger partial charge < -0.3 is 29.7 Å². The quantitative estimate of drug-likeness (QED) is 0.255. The molecule has 0 spiro atoms. The summed E-state index contributed by atoms with van der Waals surface area (Å²) in [4.78, 5) is 66.5. The van der Waals surface area contributed by atoms with Crippen molar-refractivity contribution in [3.8, 4) is 0 Å². The van der Waals surface area contributed by atoms with Crippen molar-refractivity contribution in [3.05, 3.63) is 73.3 Å². The lowest BCUT2D eigenvalue weighted by Crippen LogP contribution is -2.53. The molecule has 15 heteroatoms. The Hall–Kier alpha value is -4.72. The second-order valence-electron chi connectivity index (χ2n) is 13.2. The van der Waals surface area contributed by atoms with Crippen molar-refractivity contribution in [3.63, 3.8) is 0 Å². The molecule has 2 heterocycles. The van der Waals surface area contributed by atoms with E-state index in [1.807, 2.05) is 4.90 Å². The van der Waals surface area contributed by atoms with Gasteiger partial charge in [0.25, 0.3) is 11.6 Å². The lowest BCUT2D eigenvalue weighted by molar-refractivity contribution is -0.384. The molecule has 2 aromatic carbocycles. The number of amides is 3. The monoisotopic (exact) mass is 670 g/mol. The number of hydrogen-bond donors (Lipinski definition) is 2. The van der Waals surface area contributed by atoms with Gasteiger partial charge in [0, 0.05) is 55.9 Å². The Balaban J connectivity index is 1.37. The minimum absolute atomic E-state index is 0.00700. The van der Waals surface area contributed by atoms with Crippen LogP contribution in [0.4, 0.5) is 26.2 Å². The van der Waals surface area contributed by atoms with Crippen LogP contribution in [0.5, 0.6) is 0 Å². The van der Waals surface area contributed by atoms with Gasteiger partial charge in [-0.2, -0.15) is 0 Å². The molecule has 1 aromatic heterocycles. The summed E-state index contributed by atoms with van der Waals surface area (Å²) in [6, 6.07) is 6.30. The number of halogens is 2. The number of rotatable bonds is 7. The van der Waals surface area contributed by atoms with E-state index in [0.717, 1.165) is 25.0 Å². The fraction of sp³-hybridized carbons (Fsp3) is 0.438. The third-order valence-corrected chi connectivity index (χ3v) is 8.28. The minimum atomic E-state index is -1.55. The van der Waals surface area contributed by atoms with Gasteiger partial charge in [-0.05, 0) is 65.7 Å². The van der Waals surface area contributed by atoms with Crippen LogP contribution >= 0.6 is 11.6 Å². The van der Waals surface area contributed by atoms with Crippen LogP contribution in [0.1, 0.15) is 63.9 Å². The molecule has 1 aliphatic heterocycles. The van der Waals surface area contributed by atoms with Crippen LogP contribution in [0, 0.1) is 15.9 Å². The summed E-state index contributed by atoms with van der Waals surface area (Å²) in [7, 11) is 0. The van der Waals surface area contributed by atoms with E-state index in [9.17, 15) is 29.3 Å². The molecule has 0 radical (unpaired) electrons. The number of nitrogens with zero attached hydrogens (tertiary/aromatic N) is 4. The van der Waals surface area contributed by atoms with Crippen molar-refractivity contribution < 1.29 is 28.4 Å². The van der Waals surface area contributed by atoms with Crippen molar-refractivity contribution in [2.24, 2.45) is 0 Å². The van der Waals surface area contributed by atoms with Gasteiger partial charge in [0.2, 0.25) is 11.3 Å². The molecule has 1 saturated heterocycles. The molecule has 3 aromatic rings. The molecule has 0 bridgehead atoms. The summed E-state index contributed by atoms with van der Waals surface area (Å²) in [6.07, 6.45) is 2.63. The van der Waals surface area contributed by atoms with Crippen LogP contribution in [0.2, 0.25) is 5.02 Å². The van der Waals surface area contributed by atoms with Gasteiger partial charge in [-0.25, -0.2) is 9.18 Å². The number of pyridine rings is 1. The van der Waals surface area contributed by atoms with Gasteiger partial charge >= 0.3 is 6.09 Å². The number of nitro groups is 1. The first-order chi connectivity index (χ1) is 21.9. The Morgan fingerprint density at radius 3 is 2.28 bits per heavy atom. The molecular weight excluding hydrogens is 635 g/mol. The summed E-state index contributed by atoms with van der Waals surface area (Å²) in [5.74, 6) is -2.16. The zero-order chi connectivity index (χ0) is 34.4. The summed E-state index contributed by atoms with van der Waals surface area (Å²) < 4.78 is 22.9. The minimum Gasteiger partial charge on any atom is -0.444 e. The summed E-state index contributed by atoms with van der Waals surface area (Å²) in [5, 5.41) is 16.1. The summed E-state index contributed by atoms with van der Waals surface area (Å²) >= 11 is 6.11. The number of anilines is 2. The van der Waals surface area contributed by atoms with Gasteiger partial charge in [-0.15, -0.1) is 0 Å². The fourth-order valence-corrected chi connectivity index (χ4v) is 5.50. The van der Waals surface area contributed by atoms with Crippen molar-refractivity contribution in [2.75, 3.05) is 36.4 Å². The number of nitro benzene ring substituents is 1. The van der Waals surface area contributed by atoms with E-state index in [1.54, 1.807) is 36.3 Å². The SMILES string of the molecule is CC(C)(C)OC(=O)N1CCN(c2cc3c(cc2F)c(=O)c(C(=O)NC(C)(C)C(=O)Nc2ccc([N+](=O)[O-])cc2Cl)cn3C2CC2)CC1.